The molecule has 2 unspecified atom stereocenters. The van der Waals surface area contributed by atoms with Gasteiger partial charge < -0.3 is 18.8 Å². The molecule has 0 aliphatic rings. The summed E-state index contributed by atoms with van der Waals surface area (Å²) < 4.78 is 10.3. The molecule has 2 atom stereocenters. The van der Waals surface area contributed by atoms with Crippen molar-refractivity contribution < 1.29 is 38.3 Å². The van der Waals surface area contributed by atoms with Gasteiger partial charge in [0.2, 0.25) is 0 Å². The Kier molecular flexibility index (Phi) is 29.2. The smallest absolute Gasteiger partial charge is 0.793 e. The second kappa shape index (κ2) is 23.1. The Labute approximate surface area is 198 Å². The Bertz CT molecular complexity index is 343. The summed E-state index contributed by atoms with van der Waals surface area (Å²) >= 11 is 12.3. The first-order valence-corrected chi connectivity index (χ1v) is 17.9. The van der Waals surface area contributed by atoms with E-state index in [0.29, 0.717) is 13.2 Å². The van der Waals surface area contributed by atoms with E-state index in [0.717, 1.165) is 62.9 Å². The van der Waals surface area contributed by atoms with E-state index >= 15 is 0 Å². The van der Waals surface area contributed by atoms with Gasteiger partial charge in [-0.3, -0.25) is 0 Å². The Morgan fingerprint density at radius 1 is 0.667 bits per heavy atom. The molecule has 0 heterocycles. The van der Waals surface area contributed by atoms with E-state index in [1.807, 2.05) is 0 Å². The quantitative estimate of drug-likeness (QED) is 0.136. The molecule has 0 fully saturated rings. The third kappa shape index (κ3) is 28.5. The molecule has 0 bridgehead atoms. The summed E-state index contributed by atoms with van der Waals surface area (Å²) in [5, 5.41) is 0. The average Bonchev–Trinajstić information content (AvgIpc) is 2.56. The molecule has 0 amide bonds. The fourth-order valence-corrected chi connectivity index (χ4v) is 8.29. The summed E-state index contributed by atoms with van der Waals surface area (Å²) in [6.45, 7) is 9.43. The number of hydrogen-bond donors (Lipinski definition) is 0. The van der Waals surface area contributed by atoms with Gasteiger partial charge in [-0.15, -0.1) is 22.8 Å². The van der Waals surface area contributed by atoms with Crippen LogP contribution < -0.4 is 9.79 Å². The Morgan fingerprint density at radius 3 is 1.22 bits per heavy atom. The zero-order valence-corrected chi connectivity index (χ0v) is 25.4. The van der Waals surface area contributed by atoms with Crippen LogP contribution in [0.2, 0.25) is 0 Å². The first kappa shape index (κ1) is 34.1. The summed E-state index contributed by atoms with van der Waals surface area (Å²) in [5.74, 6) is 1.70. The maximum atomic E-state index is 11.5. The predicted molar refractivity (Wildman–Crippen MR) is 125 cm³/mol. The number of rotatable bonds is 16. The van der Waals surface area contributed by atoms with Crippen LogP contribution in [0.3, 0.4) is 0 Å². The van der Waals surface area contributed by atoms with E-state index in [-0.39, 0.29) is 19.5 Å². The molecule has 0 aromatic carbocycles. The summed E-state index contributed by atoms with van der Waals surface area (Å²) in [6, 6.07) is 0. The van der Waals surface area contributed by atoms with Crippen molar-refractivity contribution in [1.29, 1.82) is 0 Å². The molecule has 11 heteroatoms. The van der Waals surface area contributed by atoms with Gasteiger partial charge in [-0.25, -0.2) is 0 Å². The minimum Gasteiger partial charge on any atom is -0.793 e. The minimum atomic E-state index is -2.75. The summed E-state index contributed by atoms with van der Waals surface area (Å²) in [5.41, 5.74) is -5.50. The van der Waals surface area contributed by atoms with Gasteiger partial charge in [0.15, 0.2) is 0 Å². The predicted octanol–water partition coefficient (Wildman–Crippen LogP) is 5.84. The number of hydrogen-bond acceptors (Lipinski definition) is 8. The standard InChI is InChI=1S/2C8H19O2PS2.Zn/c2*1-3-5-7-10-11(9,12)13-8-6-4-2;/h2*3-8H2,1-2H3,(H,9,12);/q;;+2/p-2. The molecule has 0 rings (SSSR count). The first-order chi connectivity index (χ1) is 12.2. The average molecular weight is 548 g/mol. The number of unbranched alkanes of at least 4 members (excludes halogenated alkanes) is 4. The van der Waals surface area contributed by atoms with E-state index in [4.69, 9.17) is 32.7 Å². The van der Waals surface area contributed by atoms with Gasteiger partial charge in [0, 0.05) is 11.4 Å². The van der Waals surface area contributed by atoms with Crippen LogP contribution >= 0.6 is 34.2 Å². The van der Waals surface area contributed by atoms with Crippen molar-refractivity contribution in [3.05, 3.63) is 0 Å². The maximum absolute atomic E-state index is 11.5. The SMILES string of the molecule is CCCCOP([O-])(=S)SCCCC.CCCCOP([O-])(=S)SCCCC.[Zn+2]. The Hall–Kier alpha value is 2.46. The molecular formula is C16H36O4P2S4Zn. The normalized spacial score (nSPS) is 15.0. The third-order valence-corrected chi connectivity index (χ3v) is 11.7. The molecule has 0 aromatic rings. The van der Waals surface area contributed by atoms with Gasteiger partial charge >= 0.3 is 19.5 Å². The van der Waals surface area contributed by atoms with Crippen molar-refractivity contribution in [3.63, 3.8) is 0 Å². The van der Waals surface area contributed by atoms with E-state index in [9.17, 15) is 9.79 Å². The molecule has 0 N–H and O–H groups in total. The largest absolute Gasteiger partial charge is 2.00 e. The van der Waals surface area contributed by atoms with E-state index in [1.165, 1.54) is 22.8 Å². The fraction of sp³-hybridized carbons (Fsp3) is 1.00. The summed E-state index contributed by atoms with van der Waals surface area (Å²) in [4.78, 5) is 23.0. The third-order valence-electron chi connectivity index (χ3n) is 2.99. The summed E-state index contributed by atoms with van der Waals surface area (Å²) in [7, 11) is 0. The Morgan fingerprint density at radius 2 is 0.963 bits per heavy atom. The molecule has 0 saturated carbocycles. The molecule has 0 aliphatic carbocycles. The van der Waals surface area contributed by atoms with Crippen LogP contribution in [0.5, 0.6) is 0 Å². The van der Waals surface area contributed by atoms with Gasteiger partial charge in [-0.05, 0) is 37.2 Å². The molecule has 0 aliphatic heterocycles. The van der Waals surface area contributed by atoms with Crippen LogP contribution in [-0.4, -0.2) is 24.7 Å². The van der Waals surface area contributed by atoms with Crippen molar-refractivity contribution in [3.8, 4) is 0 Å². The zero-order chi connectivity index (χ0) is 20.3. The van der Waals surface area contributed by atoms with Crippen molar-refractivity contribution in [2.75, 3.05) is 24.7 Å². The van der Waals surface area contributed by atoms with Crippen LogP contribution in [0.15, 0.2) is 0 Å². The molecule has 160 valence electrons. The second-order valence-electron chi connectivity index (χ2n) is 5.64. The molecule has 0 radical (unpaired) electrons. The second-order valence-corrected chi connectivity index (χ2v) is 18.0. The molecule has 0 saturated heterocycles. The van der Waals surface area contributed by atoms with Gasteiger partial charge in [0.05, 0.1) is 13.2 Å². The van der Waals surface area contributed by atoms with Crippen LogP contribution in [0.4, 0.5) is 0 Å². The van der Waals surface area contributed by atoms with Crippen LogP contribution in [0.25, 0.3) is 0 Å². The fourth-order valence-electron chi connectivity index (χ4n) is 1.36. The van der Waals surface area contributed by atoms with Gasteiger partial charge in [-0.1, -0.05) is 77.0 Å². The molecule has 27 heavy (non-hydrogen) atoms. The van der Waals surface area contributed by atoms with E-state index in [2.05, 4.69) is 27.7 Å². The van der Waals surface area contributed by atoms with E-state index < -0.39 is 11.4 Å². The Balaban J connectivity index is -0.000000411. The monoisotopic (exact) mass is 546 g/mol. The first-order valence-electron chi connectivity index (χ1n) is 9.44. The van der Waals surface area contributed by atoms with Crippen LogP contribution in [0, 0.1) is 0 Å². The van der Waals surface area contributed by atoms with Gasteiger partial charge in [-0.2, -0.15) is 0 Å². The minimum absolute atomic E-state index is 0. The van der Waals surface area contributed by atoms with Crippen molar-refractivity contribution in [2.45, 2.75) is 79.1 Å². The van der Waals surface area contributed by atoms with Crippen LogP contribution in [-0.2, 0) is 52.1 Å². The van der Waals surface area contributed by atoms with Gasteiger partial charge in [0.1, 0.15) is 0 Å². The topological polar surface area (TPSA) is 64.6 Å². The van der Waals surface area contributed by atoms with Crippen molar-refractivity contribution in [1.82, 2.24) is 0 Å². The molecule has 0 spiro atoms. The summed E-state index contributed by atoms with van der Waals surface area (Å²) in [6.07, 6.45) is 8.31. The maximum Gasteiger partial charge on any atom is 2.00 e. The van der Waals surface area contributed by atoms with Crippen molar-refractivity contribution in [2.24, 2.45) is 0 Å². The zero-order valence-electron chi connectivity index (χ0n) is 17.4. The van der Waals surface area contributed by atoms with Crippen LogP contribution in [0.1, 0.15) is 79.1 Å². The van der Waals surface area contributed by atoms with Crippen molar-refractivity contribution >= 4 is 57.8 Å². The molecule has 0 aromatic heterocycles. The molecular weight excluding hydrogens is 512 g/mol. The molecule has 4 nitrogen and oxygen atoms in total. The van der Waals surface area contributed by atoms with Gasteiger partial charge in [0.25, 0.3) is 0 Å². The van der Waals surface area contributed by atoms with E-state index in [1.54, 1.807) is 0 Å².